The van der Waals surface area contributed by atoms with Crippen LogP contribution in [0, 0.1) is 11.3 Å². The minimum Gasteiger partial charge on any atom is -0.381 e. The van der Waals surface area contributed by atoms with Crippen LogP contribution in [0.25, 0.3) is 0 Å². The van der Waals surface area contributed by atoms with Gasteiger partial charge < -0.3 is 4.74 Å². The minimum atomic E-state index is -3.45. The van der Waals surface area contributed by atoms with E-state index in [0.29, 0.717) is 19.1 Å². The third-order valence-corrected chi connectivity index (χ3v) is 4.61. The Labute approximate surface area is 112 Å². The predicted octanol–water partition coefficient (Wildman–Crippen LogP) is 2.53. The fourth-order valence-corrected chi connectivity index (χ4v) is 3.52. The van der Waals surface area contributed by atoms with Crippen molar-refractivity contribution in [2.24, 2.45) is 16.5 Å². The smallest absolute Gasteiger partial charge is 0.209 e. The third kappa shape index (κ3) is 7.34. The molecule has 0 amide bonds. The zero-order valence-corrected chi connectivity index (χ0v) is 13.1. The van der Waals surface area contributed by atoms with Crippen LogP contribution in [0.3, 0.4) is 0 Å². The first kappa shape index (κ1) is 17.9. The fourth-order valence-electron chi connectivity index (χ4n) is 2.18. The van der Waals surface area contributed by atoms with E-state index in [4.69, 9.17) is 9.88 Å². The highest BCUT2D eigenvalue weighted by molar-refractivity contribution is 7.89. The van der Waals surface area contributed by atoms with Gasteiger partial charge in [-0.05, 0) is 25.2 Å². The molecule has 1 atom stereocenters. The quantitative estimate of drug-likeness (QED) is 0.668. The number of nitrogens with two attached hydrogens (primary N) is 1. The largest absolute Gasteiger partial charge is 0.381 e. The lowest BCUT2D eigenvalue weighted by atomic mass is 9.85. The molecule has 0 aliphatic heterocycles. The van der Waals surface area contributed by atoms with Crippen molar-refractivity contribution in [1.82, 2.24) is 0 Å². The summed E-state index contributed by atoms with van der Waals surface area (Å²) in [6.45, 7) is 9.47. The van der Waals surface area contributed by atoms with Crippen LogP contribution in [0.2, 0.25) is 0 Å². The van der Waals surface area contributed by atoms with Gasteiger partial charge in [0, 0.05) is 12.0 Å². The molecule has 0 bridgehead atoms. The lowest BCUT2D eigenvalue weighted by Gasteiger charge is -2.30. The van der Waals surface area contributed by atoms with E-state index >= 15 is 0 Å². The number of hydrogen-bond donors (Lipinski definition) is 1. The molecule has 0 saturated carbocycles. The van der Waals surface area contributed by atoms with E-state index < -0.39 is 10.0 Å². The number of sulfonamides is 1. The molecule has 0 aromatic heterocycles. The van der Waals surface area contributed by atoms with Crippen LogP contribution in [0.5, 0.6) is 0 Å². The molecule has 0 radical (unpaired) electrons. The van der Waals surface area contributed by atoms with Gasteiger partial charge in [-0.25, -0.2) is 13.6 Å². The molecule has 18 heavy (non-hydrogen) atoms. The van der Waals surface area contributed by atoms with E-state index in [-0.39, 0.29) is 11.2 Å². The summed E-state index contributed by atoms with van der Waals surface area (Å²) in [6, 6.07) is 0. The number of primary sulfonamides is 1. The number of rotatable bonds is 10. The Morgan fingerprint density at radius 3 is 2.17 bits per heavy atom. The van der Waals surface area contributed by atoms with Crippen LogP contribution in [0.1, 0.15) is 53.4 Å². The summed E-state index contributed by atoms with van der Waals surface area (Å²) in [7, 11) is -3.45. The van der Waals surface area contributed by atoms with Crippen molar-refractivity contribution in [3.05, 3.63) is 0 Å². The zero-order chi connectivity index (χ0) is 14.2. The second kappa shape index (κ2) is 8.12. The van der Waals surface area contributed by atoms with Crippen molar-refractivity contribution in [1.29, 1.82) is 0 Å². The van der Waals surface area contributed by atoms with Gasteiger partial charge in [-0.1, -0.05) is 34.1 Å². The second-order valence-electron chi connectivity index (χ2n) is 5.42. The minimum absolute atomic E-state index is 0.00909. The summed E-state index contributed by atoms with van der Waals surface area (Å²) in [6.07, 6.45) is 3.82. The fraction of sp³-hybridized carbons (Fsp3) is 1.00. The van der Waals surface area contributed by atoms with Crippen LogP contribution in [0.4, 0.5) is 0 Å². The van der Waals surface area contributed by atoms with Gasteiger partial charge in [-0.3, -0.25) is 0 Å². The molecule has 5 heteroatoms. The summed E-state index contributed by atoms with van der Waals surface area (Å²) in [5, 5.41) is 5.17. The average molecular weight is 279 g/mol. The topological polar surface area (TPSA) is 69.4 Å². The van der Waals surface area contributed by atoms with Crippen LogP contribution in [-0.2, 0) is 14.8 Å². The first-order valence-electron chi connectivity index (χ1n) is 6.86. The Morgan fingerprint density at radius 1 is 1.22 bits per heavy atom. The lowest BCUT2D eigenvalue weighted by Crippen LogP contribution is -2.37. The van der Waals surface area contributed by atoms with Crippen molar-refractivity contribution in [3.8, 4) is 0 Å². The highest BCUT2D eigenvalue weighted by atomic mass is 32.2. The monoisotopic (exact) mass is 279 g/mol. The molecular formula is C13H29NO3S. The van der Waals surface area contributed by atoms with E-state index in [2.05, 4.69) is 13.8 Å². The molecule has 0 fully saturated rings. The van der Waals surface area contributed by atoms with Crippen molar-refractivity contribution < 1.29 is 13.2 Å². The maximum Gasteiger partial charge on any atom is 0.209 e. The molecule has 0 spiro atoms. The summed E-state index contributed by atoms with van der Waals surface area (Å²) in [4.78, 5) is 0. The lowest BCUT2D eigenvalue weighted by molar-refractivity contribution is 0.0315. The Morgan fingerprint density at radius 2 is 1.78 bits per heavy atom. The summed E-state index contributed by atoms with van der Waals surface area (Å²) >= 11 is 0. The van der Waals surface area contributed by atoms with Gasteiger partial charge in [0.05, 0.1) is 12.4 Å². The van der Waals surface area contributed by atoms with E-state index in [1.807, 2.05) is 13.8 Å². The Hall–Kier alpha value is -0.130. The predicted molar refractivity (Wildman–Crippen MR) is 75.9 cm³/mol. The molecule has 0 aliphatic carbocycles. The van der Waals surface area contributed by atoms with E-state index in [1.165, 1.54) is 0 Å². The molecule has 0 aromatic rings. The SMILES string of the molecule is CCCC(C)COCC(CC)(CC)CS(N)(=O)=O. The molecule has 0 saturated heterocycles. The van der Waals surface area contributed by atoms with E-state index in [0.717, 1.165) is 25.7 Å². The van der Waals surface area contributed by atoms with Crippen LogP contribution in [-0.4, -0.2) is 27.4 Å². The summed E-state index contributed by atoms with van der Waals surface area (Å²) < 4.78 is 28.3. The molecule has 4 nitrogen and oxygen atoms in total. The second-order valence-corrected chi connectivity index (χ2v) is 7.04. The Bertz CT molecular complexity index is 310. The first-order chi connectivity index (χ1) is 8.28. The normalized spacial score (nSPS) is 14.7. The molecule has 0 rings (SSSR count). The van der Waals surface area contributed by atoms with Crippen molar-refractivity contribution in [2.75, 3.05) is 19.0 Å². The van der Waals surface area contributed by atoms with Gasteiger partial charge in [0.25, 0.3) is 0 Å². The molecule has 0 aliphatic rings. The summed E-state index contributed by atoms with van der Waals surface area (Å²) in [5.41, 5.74) is -0.334. The first-order valence-corrected chi connectivity index (χ1v) is 8.58. The Kier molecular flexibility index (Phi) is 8.06. The molecule has 1 unspecified atom stereocenters. The number of hydrogen-bond acceptors (Lipinski definition) is 3. The molecule has 0 aromatic carbocycles. The van der Waals surface area contributed by atoms with Gasteiger partial charge in [0.15, 0.2) is 0 Å². The Balaban J connectivity index is 4.35. The van der Waals surface area contributed by atoms with Gasteiger partial charge in [0.1, 0.15) is 0 Å². The molecular weight excluding hydrogens is 250 g/mol. The van der Waals surface area contributed by atoms with Crippen molar-refractivity contribution >= 4 is 10.0 Å². The summed E-state index contributed by atoms with van der Waals surface area (Å²) in [5.74, 6) is 0.533. The standard InChI is InChI=1S/C13H29NO3S/c1-5-8-12(4)9-17-10-13(6-2,7-3)11-18(14,15)16/h12H,5-11H2,1-4H3,(H2,14,15,16). The maximum atomic E-state index is 11.3. The van der Waals surface area contributed by atoms with Gasteiger partial charge in [-0.15, -0.1) is 0 Å². The number of ether oxygens (including phenoxy) is 1. The highest BCUT2D eigenvalue weighted by Gasteiger charge is 2.31. The van der Waals surface area contributed by atoms with E-state index in [9.17, 15) is 8.42 Å². The van der Waals surface area contributed by atoms with Crippen molar-refractivity contribution in [2.45, 2.75) is 53.4 Å². The van der Waals surface area contributed by atoms with Crippen LogP contribution >= 0.6 is 0 Å². The zero-order valence-electron chi connectivity index (χ0n) is 12.2. The van der Waals surface area contributed by atoms with Gasteiger partial charge >= 0.3 is 0 Å². The van der Waals surface area contributed by atoms with Crippen LogP contribution < -0.4 is 5.14 Å². The van der Waals surface area contributed by atoms with E-state index in [1.54, 1.807) is 0 Å². The molecule has 0 heterocycles. The van der Waals surface area contributed by atoms with Crippen LogP contribution in [0.15, 0.2) is 0 Å². The molecule has 110 valence electrons. The highest BCUT2D eigenvalue weighted by Crippen LogP contribution is 2.28. The van der Waals surface area contributed by atoms with Crippen molar-refractivity contribution in [3.63, 3.8) is 0 Å². The third-order valence-electron chi connectivity index (χ3n) is 3.60. The van der Waals surface area contributed by atoms with Gasteiger partial charge in [0.2, 0.25) is 10.0 Å². The molecule has 2 N–H and O–H groups in total. The van der Waals surface area contributed by atoms with Gasteiger partial charge in [-0.2, -0.15) is 0 Å². The maximum absolute atomic E-state index is 11.3. The average Bonchev–Trinajstić information content (AvgIpc) is 2.26.